The second-order valence-corrected chi connectivity index (χ2v) is 4.39. The minimum Gasteiger partial charge on any atom is -0.392 e. The van der Waals surface area contributed by atoms with Crippen molar-refractivity contribution in [2.75, 3.05) is 25.0 Å². The lowest BCUT2D eigenvalue weighted by atomic mass is 9.98. The average Bonchev–Trinajstić information content (AvgIpc) is 2.38. The van der Waals surface area contributed by atoms with Gasteiger partial charge in [-0.25, -0.2) is 0 Å². The van der Waals surface area contributed by atoms with Crippen molar-refractivity contribution in [3.63, 3.8) is 0 Å². The van der Waals surface area contributed by atoms with Gasteiger partial charge < -0.3 is 15.7 Å². The van der Waals surface area contributed by atoms with Gasteiger partial charge in [-0.05, 0) is 37.9 Å². The Bertz CT molecular complexity index is 321. The van der Waals surface area contributed by atoms with Gasteiger partial charge in [0.15, 0.2) is 0 Å². The minimum absolute atomic E-state index is 0.107. The van der Waals surface area contributed by atoms with Crippen LogP contribution in [-0.4, -0.2) is 24.7 Å². The lowest BCUT2D eigenvalue weighted by Gasteiger charge is -2.23. The molecular weight excluding hydrogens is 200 g/mol. The molecule has 3 heteroatoms. The van der Waals surface area contributed by atoms with Crippen molar-refractivity contribution in [3.8, 4) is 0 Å². The predicted octanol–water partition coefficient (Wildman–Crippen LogP) is 1.59. The molecule has 1 fully saturated rings. The number of hydrogen-bond acceptors (Lipinski definition) is 3. The fourth-order valence-electron chi connectivity index (χ4n) is 2.17. The first-order valence-electron chi connectivity index (χ1n) is 6.03. The third-order valence-electron chi connectivity index (χ3n) is 3.23. The Balaban J connectivity index is 1.88. The van der Waals surface area contributed by atoms with Crippen LogP contribution in [0.2, 0.25) is 0 Å². The number of piperidine rings is 1. The molecule has 3 nitrogen and oxygen atoms in total. The van der Waals surface area contributed by atoms with Crippen molar-refractivity contribution in [2.45, 2.75) is 19.4 Å². The van der Waals surface area contributed by atoms with Gasteiger partial charge in [-0.2, -0.15) is 0 Å². The summed E-state index contributed by atoms with van der Waals surface area (Å²) in [6, 6.07) is 7.96. The second-order valence-electron chi connectivity index (χ2n) is 4.39. The topological polar surface area (TPSA) is 44.3 Å². The van der Waals surface area contributed by atoms with E-state index in [9.17, 15) is 5.11 Å². The van der Waals surface area contributed by atoms with Crippen LogP contribution in [0.3, 0.4) is 0 Å². The molecular formula is C13H20N2O. The van der Waals surface area contributed by atoms with E-state index < -0.39 is 0 Å². The van der Waals surface area contributed by atoms with Gasteiger partial charge in [0.25, 0.3) is 0 Å². The van der Waals surface area contributed by atoms with Crippen LogP contribution in [0.15, 0.2) is 24.3 Å². The van der Waals surface area contributed by atoms with E-state index >= 15 is 0 Å². The molecule has 0 spiro atoms. The largest absolute Gasteiger partial charge is 0.392 e. The van der Waals surface area contributed by atoms with Crippen LogP contribution in [0.4, 0.5) is 5.69 Å². The van der Waals surface area contributed by atoms with E-state index in [-0.39, 0.29) is 6.61 Å². The Morgan fingerprint density at radius 3 is 2.75 bits per heavy atom. The highest BCUT2D eigenvalue weighted by Gasteiger charge is 2.12. The Labute approximate surface area is 96.9 Å². The molecule has 3 N–H and O–H groups in total. The SMILES string of the molecule is OCc1ccccc1NCC1CCNCC1. The summed E-state index contributed by atoms with van der Waals surface area (Å²) in [4.78, 5) is 0. The Kier molecular flexibility index (Phi) is 4.19. The molecule has 16 heavy (non-hydrogen) atoms. The maximum atomic E-state index is 9.21. The van der Waals surface area contributed by atoms with E-state index in [2.05, 4.69) is 10.6 Å². The molecule has 0 unspecified atom stereocenters. The van der Waals surface area contributed by atoms with E-state index in [1.807, 2.05) is 24.3 Å². The van der Waals surface area contributed by atoms with Crippen molar-refractivity contribution >= 4 is 5.69 Å². The summed E-state index contributed by atoms with van der Waals surface area (Å²) in [5.74, 6) is 0.757. The molecule has 0 amide bonds. The number of aliphatic hydroxyl groups is 1. The van der Waals surface area contributed by atoms with Gasteiger partial charge in [-0.15, -0.1) is 0 Å². The smallest absolute Gasteiger partial charge is 0.0701 e. The lowest BCUT2D eigenvalue weighted by molar-refractivity contribution is 0.282. The number of nitrogens with one attached hydrogen (secondary N) is 2. The van der Waals surface area contributed by atoms with Gasteiger partial charge in [-0.3, -0.25) is 0 Å². The van der Waals surface area contributed by atoms with Crippen molar-refractivity contribution in [2.24, 2.45) is 5.92 Å². The van der Waals surface area contributed by atoms with Crippen LogP contribution < -0.4 is 10.6 Å². The van der Waals surface area contributed by atoms with E-state index in [0.29, 0.717) is 0 Å². The number of anilines is 1. The minimum atomic E-state index is 0.107. The second kappa shape index (κ2) is 5.87. The van der Waals surface area contributed by atoms with Crippen LogP contribution in [0, 0.1) is 5.92 Å². The van der Waals surface area contributed by atoms with Crippen LogP contribution in [-0.2, 0) is 6.61 Å². The fourth-order valence-corrected chi connectivity index (χ4v) is 2.17. The molecule has 88 valence electrons. The average molecular weight is 220 g/mol. The summed E-state index contributed by atoms with van der Waals surface area (Å²) < 4.78 is 0. The molecule has 1 aromatic carbocycles. The van der Waals surface area contributed by atoms with Gasteiger partial charge in [0, 0.05) is 17.8 Å². The van der Waals surface area contributed by atoms with Crippen molar-refractivity contribution in [3.05, 3.63) is 29.8 Å². The number of aliphatic hydroxyl groups excluding tert-OH is 1. The number of hydrogen-bond donors (Lipinski definition) is 3. The molecule has 1 heterocycles. The van der Waals surface area contributed by atoms with E-state index in [1.54, 1.807) is 0 Å². The predicted molar refractivity (Wildman–Crippen MR) is 66.4 cm³/mol. The standard InChI is InChI=1S/C13H20N2O/c16-10-12-3-1-2-4-13(12)15-9-11-5-7-14-8-6-11/h1-4,11,14-16H,5-10H2. The number of para-hydroxylation sites is 1. The van der Waals surface area contributed by atoms with E-state index in [4.69, 9.17) is 0 Å². The highest BCUT2D eigenvalue weighted by Crippen LogP contribution is 2.17. The van der Waals surface area contributed by atoms with Gasteiger partial charge in [-0.1, -0.05) is 18.2 Å². The molecule has 0 aromatic heterocycles. The highest BCUT2D eigenvalue weighted by molar-refractivity contribution is 5.50. The molecule has 1 aliphatic heterocycles. The third-order valence-corrected chi connectivity index (χ3v) is 3.23. The molecule has 0 saturated carbocycles. The van der Waals surface area contributed by atoms with Crippen molar-refractivity contribution in [1.29, 1.82) is 0 Å². The van der Waals surface area contributed by atoms with Crippen LogP contribution >= 0.6 is 0 Å². The summed E-state index contributed by atoms with van der Waals surface area (Å²) in [5.41, 5.74) is 2.06. The molecule has 0 radical (unpaired) electrons. The maximum absolute atomic E-state index is 9.21. The summed E-state index contributed by atoms with van der Waals surface area (Å²) in [6.07, 6.45) is 2.49. The monoisotopic (exact) mass is 220 g/mol. The lowest BCUT2D eigenvalue weighted by Crippen LogP contribution is -2.31. The molecule has 1 aromatic rings. The molecule has 1 aliphatic rings. The van der Waals surface area contributed by atoms with Gasteiger partial charge in [0.1, 0.15) is 0 Å². The first-order chi connectivity index (χ1) is 7.90. The molecule has 1 saturated heterocycles. The zero-order valence-corrected chi connectivity index (χ0v) is 9.58. The van der Waals surface area contributed by atoms with Crippen LogP contribution in [0.1, 0.15) is 18.4 Å². The van der Waals surface area contributed by atoms with E-state index in [1.165, 1.54) is 12.8 Å². The molecule has 2 rings (SSSR count). The normalized spacial score (nSPS) is 17.3. The Morgan fingerprint density at radius 1 is 1.25 bits per heavy atom. The fraction of sp³-hybridized carbons (Fsp3) is 0.538. The zero-order valence-electron chi connectivity index (χ0n) is 9.58. The summed E-state index contributed by atoms with van der Waals surface area (Å²) in [7, 11) is 0. The first kappa shape index (κ1) is 11.4. The summed E-state index contributed by atoms with van der Waals surface area (Å²) in [6.45, 7) is 3.38. The van der Waals surface area contributed by atoms with Gasteiger partial charge in [0.2, 0.25) is 0 Å². The van der Waals surface area contributed by atoms with E-state index in [0.717, 1.165) is 36.8 Å². The van der Waals surface area contributed by atoms with Crippen molar-refractivity contribution < 1.29 is 5.11 Å². The number of benzene rings is 1. The quantitative estimate of drug-likeness (QED) is 0.722. The highest BCUT2D eigenvalue weighted by atomic mass is 16.3. The first-order valence-corrected chi connectivity index (χ1v) is 6.03. The maximum Gasteiger partial charge on any atom is 0.0701 e. The Morgan fingerprint density at radius 2 is 2.00 bits per heavy atom. The summed E-state index contributed by atoms with van der Waals surface area (Å²) in [5, 5.41) is 16.0. The van der Waals surface area contributed by atoms with Gasteiger partial charge in [0.05, 0.1) is 6.61 Å². The van der Waals surface area contributed by atoms with Crippen molar-refractivity contribution in [1.82, 2.24) is 5.32 Å². The molecule has 0 atom stereocenters. The zero-order chi connectivity index (χ0) is 11.2. The molecule has 0 bridgehead atoms. The number of rotatable bonds is 4. The summed E-state index contributed by atoms with van der Waals surface area (Å²) >= 11 is 0. The van der Waals surface area contributed by atoms with Crippen LogP contribution in [0.25, 0.3) is 0 Å². The Hall–Kier alpha value is -1.06. The molecule has 0 aliphatic carbocycles. The van der Waals surface area contributed by atoms with Gasteiger partial charge >= 0.3 is 0 Å². The third kappa shape index (κ3) is 2.97. The van der Waals surface area contributed by atoms with Crippen LogP contribution in [0.5, 0.6) is 0 Å².